The maximum absolute atomic E-state index is 13.0. The summed E-state index contributed by atoms with van der Waals surface area (Å²) in [6.07, 6.45) is 4.60. The average Bonchev–Trinajstić information content (AvgIpc) is 3.32. The van der Waals surface area contributed by atoms with E-state index >= 15 is 0 Å². The summed E-state index contributed by atoms with van der Waals surface area (Å²) in [4.78, 5) is 29.0. The van der Waals surface area contributed by atoms with E-state index in [-0.39, 0.29) is 17.9 Å². The van der Waals surface area contributed by atoms with Gasteiger partial charge in [0.25, 0.3) is 5.91 Å². The minimum atomic E-state index is -0.0703. The monoisotopic (exact) mass is 348 g/mol. The van der Waals surface area contributed by atoms with Gasteiger partial charge in [-0.1, -0.05) is 0 Å². The number of likely N-dealkylation sites (tertiary alicyclic amines) is 1. The molecule has 2 aliphatic rings. The molecule has 0 radical (unpaired) electrons. The number of rotatable bonds is 6. The van der Waals surface area contributed by atoms with Crippen LogP contribution < -0.4 is 0 Å². The zero-order chi connectivity index (χ0) is 17.8. The van der Waals surface area contributed by atoms with Crippen molar-refractivity contribution in [3.8, 4) is 0 Å². The van der Waals surface area contributed by atoms with Gasteiger partial charge in [0, 0.05) is 39.2 Å². The lowest BCUT2D eigenvalue weighted by Gasteiger charge is -2.26. The van der Waals surface area contributed by atoms with E-state index < -0.39 is 0 Å². The molecule has 0 saturated carbocycles. The van der Waals surface area contributed by atoms with E-state index in [0.717, 1.165) is 51.1 Å². The standard InChI is InChI=1S/C19H28N2O4/c1-14-12-17(15(2)25-14)19(23)21(13-16-6-5-11-24-16)10-7-18(22)20-8-3-4-9-20/h12,16H,3-11,13H2,1-2H3. The quantitative estimate of drug-likeness (QED) is 0.792. The molecule has 6 heteroatoms. The van der Waals surface area contributed by atoms with Gasteiger partial charge in [0.15, 0.2) is 0 Å². The number of hydrogen-bond acceptors (Lipinski definition) is 4. The van der Waals surface area contributed by atoms with Crippen LogP contribution in [0.1, 0.15) is 54.0 Å². The van der Waals surface area contributed by atoms with Crippen molar-refractivity contribution in [2.45, 2.75) is 52.1 Å². The molecule has 138 valence electrons. The van der Waals surface area contributed by atoms with Crippen LogP contribution in [0, 0.1) is 13.8 Å². The molecule has 2 amide bonds. The molecule has 1 aromatic rings. The van der Waals surface area contributed by atoms with E-state index in [1.165, 1.54) is 0 Å². The highest BCUT2D eigenvalue weighted by atomic mass is 16.5. The summed E-state index contributed by atoms with van der Waals surface area (Å²) in [7, 11) is 0. The van der Waals surface area contributed by atoms with Crippen LogP contribution in [0.4, 0.5) is 0 Å². The SMILES string of the molecule is Cc1cc(C(=O)N(CCC(=O)N2CCCC2)CC2CCCO2)c(C)o1. The average molecular weight is 348 g/mol. The van der Waals surface area contributed by atoms with Crippen molar-refractivity contribution < 1.29 is 18.7 Å². The third-order valence-corrected chi connectivity index (χ3v) is 5.06. The third-order valence-electron chi connectivity index (χ3n) is 5.06. The molecule has 0 spiro atoms. The lowest BCUT2D eigenvalue weighted by atomic mass is 10.1. The van der Waals surface area contributed by atoms with Crippen molar-refractivity contribution >= 4 is 11.8 Å². The molecule has 2 fully saturated rings. The topological polar surface area (TPSA) is 63.0 Å². The molecule has 3 rings (SSSR count). The smallest absolute Gasteiger partial charge is 0.257 e. The minimum absolute atomic E-state index is 0.0687. The van der Waals surface area contributed by atoms with Gasteiger partial charge in [0.1, 0.15) is 11.5 Å². The first-order valence-electron chi connectivity index (χ1n) is 9.30. The summed E-state index contributed by atoms with van der Waals surface area (Å²) in [5.74, 6) is 1.43. The highest BCUT2D eigenvalue weighted by Crippen LogP contribution is 2.20. The van der Waals surface area contributed by atoms with Crippen LogP contribution in [0.15, 0.2) is 10.5 Å². The fraction of sp³-hybridized carbons (Fsp3) is 0.684. The summed E-state index contributed by atoms with van der Waals surface area (Å²) in [6.45, 7) is 7.05. The Morgan fingerprint density at radius 2 is 2.00 bits per heavy atom. The number of nitrogens with zero attached hydrogens (tertiary/aromatic N) is 2. The number of aryl methyl sites for hydroxylation is 2. The van der Waals surface area contributed by atoms with Crippen molar-refractivity contribution in [2.75, 3.05) is 32.8 Å². The zero-order valence-electron chi connectivity index (χ0n) is 15.3. The second-order valence-electron chi connectivity index (χ2n) is 7.05. The van der Waals surface area contributed by atoms with Crippen LogP contribution in [-0.2, 0) is 9.53 Å². The van der Waals surface area contributed by atoms with Crippen molar-refractivity contribution in [3.05, 3.63) is 23.2 Å². The van der Waals surface area contributed by atoms with Gasteiger partial charge in [0.05, 0.1) is 11.7 Å². The number of carbonyl (C=O) groups excluding carboxylic acids is 2. The summed E-state index contributed by atoms with van der Waals surface area (Å²) >= 11 is 0. The minimum Gasteiger partial charge on any atom is -0.466 e. The number of amides is 2. The Hall–Kier alpha value is -1.82. The fourth-order valence-corrected chi connectivity index (χ4v) is 3.68. The Morgan fingerprint density at radius 1 is 1.24 bits per heavy atom. The first kappa shape index (κ1) is 18.0. The molecule has 0 N–H and O–H groups in total. The van der Waals surface area contributed by atoms with Crippen LogP contribution in [0.3, 0.4) is 0 Å². The van der Waals surface area contributed by atoms with Crippen LogP contribution in [0.25, 0.3) is 0 Å². The van der Waals surface area contributed by atoms with Gasteiger partial charge in [-0.2, -0.15) is 0 Å². The van der Waals surface area contributed by atoms with E-state index in [4.69, 9.17) is 9.15 Å². The lowest BCUT2D eigenvalue weighted by molar-refractivity contribution is -0.130. The van der Waals surface area contributed by atoms with Crippen molar-refractivity contribution in [1.29, 1.82) is 0 Å². The molecule has 2 saturated heterocycles. The maximum atomic E-state index is 13.0. The Morgan fingerprint density at radius 3 is 2.60 bits per heavy atom. The highest BCUT2D eigenvalue weighted by Gasteiger charge is 2.27. The van der Waals surface area contributed by atoms with E-state index in [2.05, 4.69) is 0 Å². The zero-order valence-corrected chi connectivity index (χ0v) is 15.3. The molecule has 6 nitrogen and oxygen atoms in total. The van der Waals surface area contributed by atoms with Crippen LogP contribution in [0.2, 0.25) is 0 Å². The predicted molar refractivity (Wildman–Crippen MR) is 93.5 cm³/mol. The number of furan rings is 1. The maximum Gasteiger partial charge on any atom is 0.257 e. The molecule has 2 aliphatic heterocycles. The van der Waals surface area contributed by atoms with Crippen LogP contribution in [0.5, 0.6) is 0 Å². The normalized spacial score (nSPS) is 20.2. The van der Waals surface area contributed by atoms with Crippen molar-refractivity contribution in [2.24, 2.45) is 0 Å². The second kappa shape index (κ2) is 8.04. The molecule has 1 atom stereocenters. The number of ether oxygens (including phenoxy) is 1. The lowest BCUT2D eigenvalue weighted by Crippen LogP contribution is -2.40. The first-order valence-corrected chi connectivity index (χ1v) is 9.30. The largest absolute Gasteiger partial charge is 0.466 e. The third kappa shape index (κ3) is 4.42. The van der Waals surface area contributed by atoms with Gasteiger partial charge in [-0.3, -0.25) is 9.59 Å². The summed E-state index contributed by atoms with van der Waals surface area (Å²) in [6, 6.07) is 1.78. The Labute approximate surface area is 149 Å². The summed E-state index contributed by atoms with van der Waals surface area (Å²) in [5, 5.41) is 0. The second-order valence-corrected chi connectivity index (χ2v) is 7.05. The van der Waals surface area contributed by atoms with Gasteiger partial charge >= 0.3 is 0 Å². The van der Waals surface area contributed by atoms with E-state index in [1.807, 2.05) is 11.8 Å². The Balaban J connectivity index is 1.66. The molecule has 25 heavy (non-hydrogen) atoms. The molecule has 1 unspecified atom stereocenters. The highest BCUT2D eigenvalue weighted by molar-refractivity contribution is 5.95. The van der Waals surface area contributed by atoms with Crippen LogP contribution in [-0.4, -0.2) is 60.5 Å². The Bertz CT molecular complexity index is 613. The molecule has 0 bridgehead atoms. The van der Waals surface area contributed by atoms with Gasteiger partial charge < -0.3 is 19.0 Å². The van der Waals surface area contributed by atoms with Gasteiger partial charge in [-0.05, 0) is 45.6 Å². The molecule has 0 aliphatic carbocycles. The van der Waals surface area contributed by atoms with E-state index in [9.17, 15) is 9.59 Å². The van der Waals surface area contributed by atoms with Crippen molar-refractivity contribution in [1.82, 2.24) is 9.80 Å². The van der Waals surface area contributed by atoms with Crippen LogP contribution >= 0.6 is 0 Å². The van der Waals surface area contributed by atoms with E-state index in [1.54, 1.807) is 17.9 Å². The summed E-state index contributed by atoms with van der Waals surface area (Å²) < 4.78 is 11.2. The first-order chi connectivity index (χ1) is 12.0. The van der Waals surface area contributed by atoms with Crippen molar-refractivity contribution in [3.63, 3.8) is 0 Å². The van der Waals surface area contributed by atoms with Gasteiger partial charge in [-0.25, -0.2) is 0 Å². The molecule has 0 aromatic carbocycles. The Kier molecular flexibility index (Phi) is 5.78. The molecule has 3 heterocycles. The van der Waals surface area contributed by atoms with Gasteiger partial charge in [-0.15, -0.1) is 0 Å². The molecule has 1 aromatic heterocycles. The number of hydrogen-bond donors (Lipinski definition) is 0. The summed E-state index contributed by atoms with van der Waals surface area (Å²) in [5.41, 5.74) is 0.587. The molecular weight excluding hydrogens is 320 g/mol. The number of carbonyl (C=O) groups is 2. The fourth-order valence-electron chi connectivity index (χ4n) is 3.68. The van der Waals surface area contributed by atoms with Gasteiger partial charge in [0.2, 0.25) is 5.91 Å². The van der Waals surface area contributed by atoms with E-state index in [0.29, 0.717) is 30.8 Å². The predicted octanol–water partition coefficient (Wildman–Crippen LogP) is 2.53. The molecular formula is C19H28N2O4.